The first-order valence-corrected chi connectivity index (χ1v) is 8.58. The van der Waals surface area contributed by atoms with Gasteiger partial charge in [0.1, 0.15) is 0 Å². The Morgan fingerprint density at radius 2 is 1.96 bits per heavy atom. The average molecular weight is 374 g/mol. The van der Waals surface area contributed by atoms with Crippen molar-refractivity contribution in [1.82, 2.24) is 25.1 Å². The normalized spacial score (nSPS) is 16.6. The Morgan fingerprint density at radius 3 is 2.64 bits per heavy atom. The molecular weight excluding hydrogens is 355 g/mol. The minimum Gasteiger partial charge on any atom is -0.296 e. The van der Waals surface area contributed by atoms with Crippen molar-refractivity contribution in [2.24, 2.45) is 0 Å². The molecule has 0 radical (unpaired) electrons. The molecule has 1 aromatic carbocycles. The van der Waals surface area contributed by atoms with Crippen molar-refractivity contribution in [2.75, 3.05) is 7.05 Å². The molecule has 0 bridgehead atoms. The fourth-order valence-corrected chi connectivity index (χ4v) is 3.47. The lowest BCUT2D eigenvalue weighted by atomic mass is 9.94. The van der Waals surface area contributed by atoms with Crippen LogP contribution in [0.2, 0.25) is 5.02 Å². The molecule has 1 fully saturated rings. The number of hydrogen-bond donors (Lipinski definition) is 0. The molecule has 0 unspecified atom stereocenters. The molecule has 1 aromatic heterocycles. The minimum atomic E-state index is -4.53. The standard InChI is InChI=1S/C16H19ClF3N5/c1-24(11-5-3-2-4-6-11)10-15-21-22-23-25(15)12-7-8-14(17)13(9-12)16(18,19)20/h7-9,11H,2-6,10H2,1H3. The maximum atomic E-state index is 13.1. The fourth-order valence-electron chi connectivity index (χ4n) is 3.24. The smallest absolute Gasteiger partial charge is 0.296 e. The van der Waals surface area contributed by atoms with Crippen LogP contribution < -0.4 is 0 Å². The first-order valence-electron chi connectivity index (χ1n) is 8.21. The number of halogens is 4. The van der Waals surface area contributed by atoms with Gasteiger partial charge in [-0.3, -0.25) is 4.90 Å². The first-order chi connectivity index (χ1) is 11.9. The van der Waals surface area contributed by atoms with E-state index < -0.39 is 11.7 Å². The van der Waals surface area contributed by atoms with Crippen molar-refractivity contribution < 1.29 is 13.2 Å². The lowest BCUT2D eigenvalue weighted by Crippen LogP contribution is -2.33. The third-order valence-corrected chi connectivity index (χ3v) is 4.95. The van der Waals surface area contributed by atoms with Crippen LogP contribution in [0.15, 0.2) is 18.2 Å². The van der Waals surface area contributed by atoms with Gasteiger partial charge < -0.3 is 0 Å². The van der Waals surface area contributed by atoms with E-state index in [0.29, 0.717) is 18.4 Å². The van der Waals surface area contributed by atoms with Gasteiger partial charge in [-0.2, -0.15) is 17.9 Å². The lowest BCUT2D eigenvalue weighted by molar-refractivity contribution is -0.137. The van der Waals surface area contributed by atoms with Crippen molar-refractivity contribution in [1.29, 1.82) is 0 Å². The molecular formula is C16H19ClF3N5. The summed E-state index contributed by atoms with van der Waals surface area (Å²) >= 11 is 5.68. The summed E-state index contributed by atoms with van der Waals surface area (Å²) in [5.41, 5.74) is -0.650. The largest absolute Gasteiger partial charge is 0.417 e. The number of tetrazole rings is 1. The summed E-state index contributed by atoms with van der Waals surface area (Å²) in [4.78, 5) is 2.17. The summed E-state index contributed by atoms with van der Waals surface area (Å²) in [6.07, 6.45) is 1.37. The molecule has 0 saturated heterocycles. The van der Waals surface area contributed by atoms with Gasteiger partial charge in [0.25, 0.3) is 0 Å². The van der Waals surface area contributed by atoms with E-state index in [1.807, 2.05) is 7.05 Å². The van der Waals surface area contributed by atoms with Crippen LogP contribution in [0.5, 0.6) is 0 Å². The predicted molar refractivity (Wildman–Crippen MR) is 87.5 cm³/mol. The highest BCUT2D eigenvalue weighted by atomic mass is 35.5. The van der Waals surface area contributed by atoms with Gasteiger partial charge >= 0.3 is 6.18 Å². The van der Waals surface area contributed by atoms with Gasteiger partial charge in [-0.25, -0.2) is 0 Å². The van der Waals surface area contributed by atoms with Gasteiger partial charge in [0.05, 0.1) is 22.8 Å². The quantitative estimate of drug-likeness (QED) is 0.809. The van der Waals surface area contributed by atoms with E-state index >= 15 is 0 Å². The highest BCUT2D eigenvalue weighted by molar-refractivity contribution is 6.31. The first kappa shape index (κ1) is 18.1. The zero-order valence-electron chi connectivity index (χ0n) is 13.8. The van der Waals surface area contributed by atoms with Crippen LogP contribution in [0.25, 0.3) is 5.69 Å². The minimum absolute atomic E-state index is 0.244. The zero-order chi connectivity index (χ0) is 18.0. The fraction of sp³-hybridized carbons (Fsp3) is 0.562. The maximum absolute atomic E-state index is 13.1. The highest BCUT2D eigenvalue weighted by Gasteiger charge is 2.33. The molecule has 3 rings (SSSR count). The molecule has 5 nitrogen and oxygen atoms in total. The SMILES string of the molecule is CN(Cc1nnnn1-c1ccc(Cl)c(C(F)(F)F)c1)C1CCCCC1. The number of hydrogen-bond acceptors (Lipinski definition) is 4. The maximum Gasteiger partial charge on any atom is 0.417 e. The second-order valence-corrected chi connectivity index (χ2v) is 6.78. The highest BCUT2D eigenvalue weighted by Crippen LogP contribution is 2.35. The summed E-state index contributed by atoms with van der Waals surface area (Å²) in [5.74, 6) is 0.503. The van der Waals surface area contributed by atoms with E-state index in [1.54, 1.807) is 0 Å². The van der Waals surface area contributed by atoms with Crippen LogP contribution in [-0.2, 0) is 12.7 Å². The van der Waals surface area contributed by atoms with E-state index in [-0.39, 0.29) is 10.7 Å². The predicted octanol–water partition coefficient (Wildman–Crippen LogP) is 4.10. The van der Waals surface area contributed by atoms with Gasteiger partial charge in [0.15, 0.2) is 5.82 Å². The van der Waals surface area contributed by atoms with Gasteiger partial charge in [-0.15, -0.1) is 5.10 Å². The van der Waals surface area contributed by atoms with E-state index in [1.165, 1.54) is 36.1 Å². The van der Waals surface area contributed by atoms with E-state index in [0.717, 1.165) is 18.9 Å². The Hall–Kier alpha value is -1.67. The van der Waals surface area contributed by atoms with E-state index in [9.17, 15) is 13.2 Å². The second kappa shape index (κ2) is 7.29. The molecule has 0 N–H and O–H groups in total. The Labute approximate surface area is 148 Å². The Bertz CT molecular complexity index is 725. The topological polar surface area (TPSA) is 46.8 Å². The van der Waals surface area contributed by atoms with Crippen LogP contribution >= 0.6 is 11.6 Å². The summed E-state index contributed by atoms with van der Waals surface area (Å²) < 4.78 is 40.5. The van der Waals surface area contributed by atoms with Crippen LogP contribution in [0.3, 0.4) is 0 Å². The van der Waals surface area contributed by atoms with Gasteiger partial charge in [-0.05, 0) is 48.5 Å². The van der Waals surface area contributed by atoms with Crippen LogP contribution in [-0.4, -0.2) is 38.2 Å². The Kier molecular flexibility index (Phi) is 5.29. The summed E-state index contributed by atoms with van der Waals surface area (Å²) in [5, 5.41) is 11.1. The number of benzene rings is 1. The molecule has 2 aromatic rings. The molecule has 0 amide bonds. The van der Waals surface area contributed by atoms with Crippen molar-refractivity contribution in [3.05, 3.63) is 34.6 Å². The number of alkyl halides is 3. The molecule has 9 heteroatoms. The molecule has 1 heterocycles. The number of rotatable bonds is 4. The van der Waals surface area contributed by atoms with Gasteiger partial charge in [0, 0.05) is 6.04 Å². The molecule has 1 saturated carbocycles. The number of aromatic nitrogens is 4. The number of nitrogens with zero attached hydrogens (tertiary/aromatic N) is 5. The third-order valence-electron chi connectivity index (χ3n) is 4.62. The molecule has 0 atom stereocenters. The van der Waals surface area contributed by atoms with Crippen LogP contribution in [0, 0.1) is 0 Å². The average Bonchev–Trinajstić information content (AvgIpc) is 3.03. The second-order valence-electron chi connectivity index (χ2n) is 6.38. The zero-order valence-corrected chi connectivity index (χ0v) is 14.6. The summed E-state index contributed by atoms with van der Waals surface area (Å²) in [6.45, 7) is 0.474. The molecule has 136 valence electrons. The summed E-state index contributed by atoms with van der Waals surface area (Å²) in [7, 11) is 2.00. The van der Waals surface area contributed by atoms with E-state index in [2.05, 4.69) is 20.4 Å². The van der Waals surface area contributed by atoms with Gasteiger partial charge in [0.2, 0.25) is 0 Å². The molecule has 1 aliphatic rings. The molecule has 0 spiro atoms. The monoisotopic (exact) mass is 373 g/mol. The van der Waals surface area contributed by atoms with Crippen molar-refractivity contribution >= 4 is 11.6 Å². The Morgan fingerprint density at radius 1 is 1.24 bits per heavy atom. The molecule has 1 aliphatic carbocycles. The van der Waals surface area contributed by atoms with Crippen molar-refractivity contribution in [2.45, 2.75) is 50.9 Å². The van der Waals surface area contributed by atoms with Crippen molar-refractivity contribution in [3.63, 3.8) is 0 Å². The van der Waals surface area contributed by atoms with Crippen LogP contribution in [0.1, 0.15) is 43.5 Å². The lowest BCUT2D eigenvalue weighted by Gasteiger charge is -2.30. The van der Waals surface area contributed by atoms with Crippen LogP contribution in [0.4, 0.5) is 13.2 Å². The van der Waals surface area contributed by atoms with Crippen molar-refractivity contribution in [3.8, 4) is 5.69 Å². The van der Waals surface area contributed by atoms with E-state index in [4.69, 9.17) is 11.6 Å². The third kappa shape index (κ3) is 4.12. The molecule has 25 heavy (non-hydrogen) atoms. The van der Waals surface area contributed by atoms with Gasteiger partial charge in [-0.1, -0.05) is 30.9 Å². The summed E-state index contributed by atoms with van der Waals surface area (Å²) in [6, 6.07) is 4.13. The Balaban J connectivity index is 1.84. The molecule has 0 aliphatic heterocycles.